The van der Waals surface area contributed by atoms with Crippen LogP contribution >= 0.6 is 11.3 Å². The van der Waals surface area contributed by atoms with Crippen LogP contribution in [0.3, 0.4) is 0 Å². The molecule has 1 aromatic heterocycles. The average molecular weight is 282 g/mol. The summed E-state index contributed by atoms with van der Waals surface area (Å²) in [4.78, 5) is 3.99. The predicted molar refractivity (Wildman–Crippen MR) is 81.5 cm³/mol. The molecule has 2 atom stereocenters. The maximum Gasteiger partial charge on any atom is 0.0593 e. The van der Waals surface area contributed by atoms with Crippen molar-refractivity contribution in [2.24, 2.45) is 11.7 Å². The minimum absolute atomic E-state index is 0.234. The molecule has 0 aromatic carbocycles. The Kier molecular flexibility index (Phi) is 5.82. The van der Waals surface area contributed by atoms with Gasteiger partial charge in [0.15, 0.2) is 0 Å². The van der Waals surface area contributed by atoms with E-state index >= 15 is 0 Å². The molecule has 4 heteroatoms. The number of nitrogens with zero attached hydrogens (tertiary/aromatic N) is 1. The van der Waals surface area contributed by atoms with Crippen LogP contribution in [0.5, 0.6) is 0 Å². The number of methoxy groups -OCH3 is 1. The smallest absolute Gasteiger partial charge is 0.0593 e. The van der Waals surface area contributed by atoms with Crippen LogP contribution in [0.15, 0.2) is 17.5 Å². The summed E-state index contributed by atoms with van der Waals surface area (Å²) in [7, 11) is 1.80. The maximum absolute atomic E-state index is 6.37. The van der Waals surface area contributed by atoms with Crippen molar-refractivity contribution in [3.05, 3.63) is 22.4 Å². The number of rotatable bonds is 6. The van der Waals surface area contributed by atoms with Gasteiger partial charge >= 0.3 is 0 Å². The lowest BCUT2D eigenvalue weighted by molar-refractivity contribution is 0.0725. The van der Waals surface area contributed by atoms with E-state index in [1.165, 1.54) is 17.7 Å². The van der Waals surface area contributed by atoms with Crippen molar-refractivity contribution in [2.45, 2.75) is 38.3 Å². The molecule has 1 aromatic rings. The van der Waals surface area contributed by atoms with Crippen LogP contribution in [-0.2, 0) is 4.74 Å². The van der Waals surface area contributed by atoms with Gasteiger partial charge < -0.3 is 10.5 Å². The third kappa shape index (κ3) is 3.78. The zero-order valence-corrected chi connectivity index (χ0v) is 12.9. The molecule has 2 rings (SSSR count). The summed E-state index contributed by atoms with van der Waals surface area (Å²) in [5.41, 5.74) is 6.37. The standard InChI is InChI=1S/C15H26N2OS/c1-3-13(16)15(14-5-4-10-19-14)17-8-6-12(7-9-17)11-18-2/h4-5,10,12-13,15H,3,6-9,11,16H2,1-2H3. The van der Waals surface area contributed by atoms with Crippen molar-refractivity contribution in [2.75, 3.05) is 26.8 Å². The van der Waals surface area contributed by atoms with Crippen LogP contribution in [0.1, 0.15) is 37.1 Å². The second-order valence-corrected chi connectivity index (χ2v) is 6.45. The maximum atomic E-state index is 6.37. The number of ether oxygens (including phenoxy) is 1. The predicted octanol–water partition coefficient (Wildman–Crippen LogP) is 2.88. The molecular formula is C15H26N2OS. The van der Waals surface area contributed by atoms with Crippen LogP contribution in [0.4, 0.5) is 0 Å². The summed E-state index contributed by atoms with van der Waals surface area (Å²) < 4.78 is 5.28. The molecule has 0 aliphatic carbocycles. The first-order chi connectivity index (χ1) is 9.26. The Balaban J connectivity index is 2.00. The number of likely N-dealkylation sites (tertiary alicyclic amines) is 1. The first kappa shape index (κ1) is 15.0. The van der Waals surface area contributed by atoms with Crippen molar-refractivity contribution in [3.63, 3.8) is 0 Å². The molecule has 2 N–H and O–H groups in total. The molecular weight excluding hydrogens is 256 g/mol. The Morgan fingerprint density at radius 3 is 2.74 bits per heavy atom. The van der Waals surface area contributed by atoms with Crippen LogP contribution in [0, 0.1) is 5.92 Å². The molecule has 1 aliphatic rings. The quantitative estimate of drug-likeness (QED) is 0.872. The third-order valence-corrected chi connectivity index (χ3v) is 5.10. The Morgan fingerprint density at radius 2 is 2.21 bits per heavy atom. The zero-order chi connectivity index (χ0) is 13.7. The van der Waals surface area contributed by atoms with Gasteiger partial charge in [-0.15, -0.1) is 11.3 Å². The lowest BCUT2D eigenvalue weighted by atomic mass is 9.94. The molecule has 1 fully saturated rings. The number of hydrogen-bond acceptors (Lipinski definition) is 4. The Bertz CT molecular complexity index is 347. The summed E-state index contributed by atoms with van der Waals surface area (Å²) in [6.07, 6.45) is 3.48. The minimum atomic E-state index is 0.234. The van der Waals surface area contributed by atoms with Gasteiger partial charge in [0.05, 0.1) is 6.04 Å². The number of nitrogens with two attached hydrogens (primary N) is 1. The summed E-state index contributed by atoms with van der Waals surface area (Å²) in [6, 6.07) is 4.99. The summed E-state index contributed by atoms with van der Waals surface area (Å²) >= 11 is 1.83. The largest absolute Gasteiger partial charge is 0.384 e. The van der Waals surface area contributed by atoms with Crippen LogP contribution in [0.2, 0.25) is 0 Å². The SMILES string of the molecule is CCC(N)C(c1cccs1)N1CCC(COC)CC1. The van der Waals surface area contributed by atoms with E-state index in [1.807, 2.05) is 11.3 Å². The first-order valence-electron chi connectivity index (χ1n) is 7.28. The van der Waals surface area contributed by atoms with Crippen molar-refractivity contribution in [1.82, 2.24) is 4.90 Å². The van der Waals surface area contributed by atoms with Crippen LogP contribution in [-0.4, -0.2) is 37.7 Å². The molecule has 0 amide bonds. The average Bonchev–Trinajstić information content (AvgIpc) is 2.95. The molecule has 0 spiro atoms. The highest BCUT2D eigenvalue weighted by Gasteiger charge is 2.29. The van der Waals surface area contributed by atoms with E-state index in [0.717, 1.165) is 32.0 Å². The molecule has 19 heavy (non-hydrogen) atoms. The van der Waals surface area contributed by atoms with E-state index in [1.54, 1.807) is 7.11 Å². The van der Waals surface area contributed by atoms with E-state index in [-0.39, 0.29) is 6.04 Å². The van der Waals surface area contributed by atoms with Gasteiger partial charge in [0.2, 0.25) is 0 Å². The van der Waals surface area contributed by atoms with E-state index < -0.39 is 0 Å². The van der Waals surface area contributed by atoms with Gasteiger partial charge in [0, 0.05) is 24.6 Å². The van der Waals surface area contributed by atoms with Crippen molar-refractivity contribution >= 4 is 11.3 Å². The van der Waals surface area contributed by atoms with Crippen molar-refractivity contribution < 1.29 is 4.74 Å². The first-order valence-corrected chi connectivity index (χ1v) is 8.16. The Hall–Kier alpha value is -0.420. The van der Waals surface area contributed by atoms with Gasteiger partial charge in [-0.25, -0.2) is 0 Å². The second kappa shape index (κ2) is 7.39. The fraction of sp³-hybridized carbons (Fsp3) is 0.733. The normalized spacial score (nSPS) is 21.4. The molecule has 108 valence electrons. The number of hydrogen-bond donors (Lipinski definition) is 1. The zero-order valence-electron chi connectivity index (χ0n) is 12.0. The van der Waals surface area contributed by atoms with Crippen LogP contribution < -0.4 is 5.73 Å². The fourth-order valence-corrected chi connectivity index (χ4v) is 3.91. The van der Waals surface area contributed by atoms with E-state index in [0.29, 0.717) is 6.04 Å². The highest BCUT2D eigenvalue weighted by molar-refractivity contribution is 7.10. The van der Waals surface area contributed by atoms with Gasteiger partial charge in [0.1, 0.15) is 0 Å². The third-order valence-electron chi connectivity index (χ3n) is 4.16. The highest BCUT2D eigenvalue weighted by Crippen LogP contribution is 2.32. The summed E-state index contributed by atoms with van der Waals surface area (Å²) in [6.45, 7) is 5.37. The lowest BCUT2D eigenvalue weighted by Crippen LogP contribution is -2.44. The molecule has 0 bridgehead atoms. The number of thiophene rings is 1. The second-order valence-electron chi connectivity index (χ2n) is 5.47. The van der Waals surface area contributed by atoms with Crippen molar-refractivity contribution in [3.8, 4) is 0 Å². The molecule has 2 heterocycles. The molecule has 1 aliphatic heterocycles. The Labute approximate surface area is 120 Å². The Morgan fingerprint density at radius 1 is 1.47 bits per heavy atom. The molecule has 1 saturated heterocycles. The van der Waals surface area contributed by atoms with E-state index in [4.69, 9.17) is 10.5 Å². The van der Waals surface area contributed by atoms with E-state index in [2.05, 4.69) is 29.3 Å². The summed E-state index contributed by atoms with van der Waals surface area (Å²) in [5, 5.41) is 2.16. The monoisotopic (exact) mass is 282 g/mol. The summed E-state index contributed by atoms with van der Waals surface area (Å²) in [5.74, 6) is 0.725. The van der Waals surface area contributed by atoms with Gasteiger partial charge in [-0.2, -0.15) is 0 Å². The lowest BCUT2D eigenvalue weighted by Gasteiger charge is -2.39. The van der Waals surface area contributed by atoms with Gasteiger partial charge in [-0.1, -0.05) is 13.0 Å². The fourth-order valence-electron chi connectivity index (χ4n) is 2.98. The topological polar surface area (TPSA) is 38.5 Å². The van der Waals surface area contributed by atoms with Gasteiger partial charge in [0.25, 0.3) is 0 Å². The molecule has 3 nitrogen and oxygen atoms in total. The minimum Gasteiger partial charge on any atom is -0.384 e. The van der Waals surface area contributed by atoms with Crippen molar-refractivity contribution in [1.29, 1.82) is 0 Å². The highest BCUT2D eigenvalue weighted by atomic mass is 32.1. The van der Waals surface area contributed by atoms with Gasteiger partial charge in [-0.05, 0) is 49.7 Å². The molecule has 0 radical (unpaired) electrons. The van der Waals surface area contributed by atoms with Gasteiger partial charge in [-0.3, -0.25) is 4.90 Å². The van der Waals surface area contributed by atoms with E-state index in [9.17, 15) is 0 Å². The number of piperidine rings is 1. The molecule has 0 saturated carbocycles. The van der Waals surface area contributed by atoms with Crippen LogP contribution in [0.25, 0.3) is 0 Å². The molecule has 2 unspecified atom stereocenters.